The van der Waals surface area contributed by atoms with Crippen LogP contribution in [0.15, 0.2) is 42.5 Å². The number of nitrogens with one attached hydrogen (secondary N) is 2. The lowest BCUT2D eigenvalue weighted by molar-refractivity contribution is -0.274. The van der Waals surface area contributed by atoms with Gasteiger partial charge in [0, 0.05) is 11.4 Å². The molecule has 0 unspecified atom stereocenters. The molecule has 0 saturated heterocycles. The van der Waals surface area contributed by atoms with Crippen molar-refractivity contribution in [3.8, 4) is 5.75 Å². The number of hydrogen-bond donors (Lipinski definition) is 2. The van der Waals surface area contributed by atoms with Gasteiger partial charge in [-0.15, -0.1) is 13.2 Å². The Bertz CT molecular complexity index is 743. The molecule has 0 radical (unpaired) electrons. The van der Waals surface area contributed by atoms with E-state index in [1.54, 1.807) is 6.92 Å². The molecule has 0 aliphatic rings. The Morgan fingerprint density at radius 3 is 2.28 bits per heavy atom. The van der Waals surface area contributed by atoms with E-state index in [1.165, 1.54) is 24.3 Å². The lowest BCUT2D eigenvalue weighted by Crippen LogP contribution is -2.32. The molecule has 0 aliphatic heterocycles. The summed E-state index contributed by atoms with van der Waals surface area (Å²) in [4.78, 5) is 12.3. The van der Waals surface area contributed by atoms with Crippen LogP contribution in [0.2, 0.25) is 0 Å². The standard InChI is InChI=1S/C18H19F3N2O2/c1-11-4-9-16(12(2)10-11)23-17(24)13(3)22-14-5-7-15(8-6-14)25-18(19,20)21/h4-10,13,22H,1-3H3,(H,23,24)/t13-/m0/s1. The van der Waals surface area contributed by atoms with Crippen LogP contribution in [0.25, 0.3) is 0 Å². The fourth-order valence-electron chi connectivity index (χ4n) is 2.26. The van der Waals surface area contributed by atoms with Crippen molar-refractivity contribution in [3.63, 3.8) is 0 Å². The highest BCUT2D eigenvalue weighted by Gasteiger charge is 2.31. The van der Waals surface area contributed by atoms with E-state index >= 15 is 0 Å². The van der Waals surface area contributed by atoms with E-state index < -0.39 is 12.4 Å². The zero-order valence-electron chi connectivity index (χ0n) is 14.1. The normalized spacial score (nSPS) is 12.4. The van der Waals surface area contributed by atoms with Gasteiger partial charge in [-0.1, -0.05) is 17.7 Å². The topological polar surface area (TPSA) is 50.4 Å². The van der Waals surface area contributed by atoms with Gasteiger partial charge in [0.2, 0.25) is 5.91 Å². The zero-order chi connectivity index (χ0) is 18.6. The molecule has 0 heterocycles. The predicted octanol–water partition coefficient (Wildman–Crippen LogP) is 4.64. The van der Waals surface area contributed by atoms with E-state index in [4.69, 9.17) is 0 Å². The Balaban J connectivity index is 1.96. The lowest BCUT2D eigenvalue weighted by Gasteiger charge is -2.17. The number of halogens is 3. The third kappa shape index (κ3) is 5.70. The Labute approximate surface area is 144 Å². The number of alkyl halides is 3. The molecule has 0 aliphatic carbocycles. The van der Waals surface area contributed by atoms with Crippen LogP contribution in [-0.2, 0) is 4.79 Å². The molecule has 0 spiro atoms. The average molecular weight is 352 g/mol. The molecule has 2 rings (SSSR count). The summed E-state index contributed by atoms with van der Waals surface area (Å²) in [5.74, 6) is -0.562. The quantitative estimate of drug-likeness (QED) is 0.824. The fourth-order valence-corrected chi connectivity index (χ4v) is 2.26. The third-order valence-electron chi connectivity index (χ3n) is 3.50. The number of anilines is 2. The van der Waals surface area contributed by atoms with E-state index in [-0.39, 0.29) is 11.7 Å². The summed E-state index contributed by atoms with van der Waals surface area (Å²) >= 11 is 0. The highest BCUT2D eigenvalue weighted by molar-refractivity contribution is 5.96. The van der Waals surface area contributed by atoms with Crippen molar-refractivity contribution in [1.82, 2.24) is 0 Å². The molecule has 0 bridgehead atoms. The molecule has 134 valence electrons. The second kappa shape index (κ2) is 7.46. The number of rotatable bonds is 5. The van der Waals surface area contributed by atoms with Gasteiger partial charge < -0.3 is 15.4 Å². The van der Waals surface area contributed by atoms with Gasteiger partial charge in [0.1, 0.15) is 11.8 Å². The monoisotopic (exact) mass is 352 g/mol. The van der Waals surface area contributed by atoms with Gasteiger partial charge >= 0.3 is 6.36 Å². The molecule has 0 fully saturated rings. The van der Waals surface area contributed by atoms with E-state index in [0.717, 1.165) is 16.8 Å². The first kappa shape index (κ1) is 18.6. The van der Waals surface area contributed by atoms with Gasteiger partial charge in [-0.25, -0.2) is 0 Å². The molecule has 2 aromatic rings. The molecule has 1 atom stereocenters. The predicted molar refractivity (Wildman–Crippen MR) is 90.8 cm³/mol. The van der Waals surface area contributed by atoms with Gasteiger partial charge in [0.15, 0.2) is 0 Å². The van der Waals surface area contributed by atoms with Crippen molar-refractivity contribution in [3.05, 3.63) is 53.6 Å². The van der Waals surface area contributed by atoms with Crippen LogP contribution in [0.3, 0.4) is 0 Å². The Morgan fingerprint density at radius 2 is 1.72 bits per heavy atom. The lowest BCUT2D eigenvalue weighted by atomic mass is 10.1. The molecule has 7 heteroatoms. The summed E-state index contributed by atoms with van der Waals surface area (Å²) in [6.07, 6.45) is -4.73. The van der Waals surface area contributed by atoms with Crippen LogP contribution in [0.4, 0.5) is 24.5 Å². The minimum absolute atomic E-state index is 0.248. The van der Waals surface area contributed by atoms with Crippen LogP contribution in [-0.4, -0.2) is 18.3 Å². The van der Waals surface area contributed by atoms with Crippen molar-refractivity contribution in [2.45, 2.75) is 33.2 Å². The number of benzene rings is 2. The van der Waals surface area contributed by atoms with E-state index in [1.807, 2.05) is 32.0 Å². The number of hydrogen-bond acceptors (Lipinski definition) is 3. The number of carbonyl (C=O) groups is 1. The van der Waals surface area contributed by atoms with Gasteiger partial charge in [-0.05, 0) is 56.7 Å². The maximum atomic E-state index is 12.3. The molecule has 0 saturated carbocycles. The first-order valence-corrected chi connectivity index (χ1v) is 7.64. The van der Waals surface area contributed by atoms with Crippen molar-refractivity contribution >= 4 is 17.3 Å². The highest BCUT2D eigenvalue weighted by Crippen LogP contribution is 2.24. The second-order valence-electron chi connectivity index (χ2n) is 5.75. The SMILES string of the molecule is Cc1ccc(NC(=O)[C@H](C)Nc2ccc(OC(F)(F)F)cc2)c(C)c1. The average Bonchev–Trinajstić information content (AvgIpc) is 2.50. The summed E-state index contributed by atoms with van der Waals surface area (Å²) in [7, 11) is 0. The molecule has 4 nitrogen and oxygen atoms in total. The molecule has 2 N–H and O–H groups in total. The molecular formula is C18H19F3N2O2. The van der Waals surface area contributed by atoms with Crippen LogP contribution in [0, 0.1) is 13.8 Å². The van der Waals surface area contributed by atoms with Crippen molar-refractivity contribution in [2.75, 3.05) is 10.6 Å². The summed E-state index contributed by atoms with van der Waals surface area (Å²) in [5, 5.41) is 5.76. The molecule has 1 amide bonds. The summed E-state index contributed by atoms with van der Waals surface area (Å²) < 4.78 is 40.2. The number of aryl methyl sites for hydroxylation is 2. The van der Waals surface area contributed by atoms with E-state index in [9.17, 15) is 18.0 Å². The van der Waals surface area contributed by atoms with Crippen LogP contribution in [0.1, 0.15) is 18.1 Å². The van der Waals surface area contributed by atoms with E-state index in [0.29, 0.717) is 5.69 Å². The number of carbonyl (C=O) groups excluding carboxylic acids is 1. The summed E-state index contributed by atoms with van der Waals surface area (Å²) in [6.45, 7) is 5.54. The van der Waals surface area contributed by atoms with Gasteiger partial charge in [-0.2, -0.15) is 0 Å². The first-order valence-electron chi connectivity index (χ1n) is 7.64. The van der Waals surface area contributed by atoms with Gasteiger partial charge in [0.05, 0.1) is 0 Å². The second-order valence-corrected chi connectivity index (χ2v) is 5.75. The Morgan fingerprint density at radius 1 is 1.08 bits per heavy atom. The Kier molecular flexibility index (Phi) is 5.56. The van der Waals surface area contributed by atoms with Gasteiger partial charge in [0.25, 0.3) is 0 Å². The first-order chi connectivity index (χ1) is 11.6. The summed E-state index contributed by atoms with van der Waals surface area (Å²) in [6, 6.07) is 10.3. The van der Waals surface area contributed by atoms with Crippen LogP contribution in [0.5, 0.6) is 5.75 Å². The fraction of sp³-hybridized carbons (Fsp3) is 0.278. The largest absolute Gasteiger partial charge is 0.573 e. The van der Waals surface area contributed by atoms with Gasteiger partial charge in [-0.3, -0.25) is 4.79 Å². The van der Waals surface area contributed by atoms with Crippen molar-refractivity contribution in [1.29, 1.82) is 0 Å². The minimum Gasteiger partial charge on any atom is -0.406 e. The molecule has 25 heavy (non-hydrogen) atoms. The van der Waals surface area contributed by atoms with Crippen molar-refractivity contribution < 1.29 is 22.7 Å². The smallest absolute Gasteiger partial charge is 0.406 e. The summed E-state index contributed by atoms with van der Waals surface area (Å²) in [5.41, 5.74) is 3.29. The van der Waals surface area contributed by atoms with Crippen LogP contribution >= 0.6 is 0 Å². The zero-order valence-corrected chi connectivity index (χ0v) is 14.1. The number of amides is 1. The van der Waals surface area contributed by atoms with Crippen molar-refractivity contribution in [2.24, 2.45) is 0 Å². The highest BCUT2D eigenvalue weighted by atomic mass is 19.4. The molecular weight excluding hydrogens is 333 g/mol. The molecule has 0 aromatic heterocycles. The van der Waals surface area contributed by atoms with Crippen LogP contribution < -0.4 is 15.4 Å². The minimum atomic E-state index is -4.73. The third-order valence-corrected chi connectivity index (χ3v) is 3.50. The maximum Gasteiger partial charge on any atom is 0.573 e. The van der Waals surface area contributed by atoms with E-state index in [2.05, 4.69) is 15.4 Å². The number of ether oxygens (including phenoxy) is 1. The Hall–Kier alpha value is -2.70. The molecule has 2 aromatic carbocycles. The maximum absolute atomic E-state index is 12.3.